The summed E-state index contributed by atoms with van der Waals surface area (Å²) in [5.41, 5.74) is 0. The maximum absolute atomic E-state index is 5.68. The van der Waals surface area contributed by atoms with E-state index in [-0.39, 0.29) is 0 Å². The third-order valence-corrected chi connectivity index (χ3v) is 2.87. The Labute approximate surface area is 71.3 Å². The van der Waals surface area contributed by atoms with E-state index in [0.29, 0.717) is 17.0 Å². The lowest BCUT2D eigenvalue weighted by atomic mass is 10.3. The Morgan fingerprint density at radius 1 is 1.40 bits per heavy atom. The van der Waals surface area contributed by atoms with Crippen LogP contribution in [0, 0.1) is 0 Å². The average molecular weight is 207 g/mol. The van der Waals surface area contributed by atoms with Crippen LogP contribution in [0.3, 0.4) is 0 Å². The molecule has 0 amide bonds. The highest BCUT2D eigenvalue weighted by Crippen LogP contribution is 2.28. The maximum atomic E-state index is 5.68. The zero-order chi connectivity index (χ0) is 7.56. The van der Waals surface area contributed by atoms with Gasteiger partial charge in [0.15, 0.2) is 0 Å². The van der Waals surface area contributed by atoms with Crippen LogP contribution in [0.15, 0.2) is 0 Å². The highest BCUT2D eigenvalue weighted by Gasteiger charge is 2.25. The monoisotopic (exact) mass is 206 g/mol. The second-order valence-electron chi connectivity index (χ2n) is 3.17. The molecular weight excluding hydrogens is 192 g/mol. The van der Waals surface area contributed by atoms with Crippen LogP contribution in [-0.2, 0) is 4.74 Å². The largest absolute Gasteiger partial charge is 0.374 e. The van der Waals surface area contributed by atoms with Crippen molar-refractivity contribution in [2.75, 3.05) is 0 Å². The fourth-order valence-electron chi connectivity index (χ4n) is 1.38. The second-order valence-corrected chi connectivity index (χ2v) is 4.35. The molecular formula is C8H15BrO. The molecule has 0 bridgehead atoms. The van der Waals surface area contributed by atoms with Crippen LogP contribution in [0.4, 0.5) is 0 Å². The third kappa shape index (κ3) is 2.24. The molecule has 0 aromatic carbocycles. The third-order valence-electron chi connectivity index (χ3n) is 1.82. The number of alkyl halides is 1. The molecule has 1 nitrogen and oxygen atoms in total. The van der Waals surface area contributed by atoms with Crippen molar-refractivity contribution < 1.29 is 4.74 Å². The van der Waals surface area contributed by atoms with E-state index in [1.165, 1.54) is 19.3 Å². The molecule has 0 aromatic rings. The molecule has 1 aliphatic rings. The van der Waals surface area contributed by atoms with Gasteiger partial charge in [0, 0.05) is 4.83 Å². The van der Waals surface area contributed by atoms with E-state index < -0.39 is 0 Å². The SMILES string of the molecule is CC(C)O[C@@H]1CCC[C@H]1Br. The van der Waals surface area contributed by atoms with Crippen LogP contribution in [-0.4, -0.2) is 17.0 Å². The van der Waals surface area contributed by atoms with E-state index in [2.05, 4.69) is 29.8 Å². The van der Waals surface area contributed by atoms with Crippen molar-refractivity contribution in [1.29, 1.82) is 0 Å². The molecule has 0 N–H and O–H groups in total. The summed E-state index contributed by atoms with van der Waals surface area (Å²) in [4.78, 5) is 0.606. The number of halogens is 1. The number of rotatable bonds is 2. The molecule has 1 saturated carbocycles. The fourth-order valence-corrected chi connectivity index (χ4v) is 2.10. The molecule has 0 aliphatic heterocycles. The molecule has 0 spiro atoms. The summed E-state index contributed by atoms with van der Waals surface area (Å²) in [6.07, 6.45) is 4.67. The molecule has 2 atom stereocenters. The van der Waals surface area contributed by atoms with Gasteiger partial charge in [-0.15, -0.1) is 0 Å². The summed E-state index contributed by atoms with van der Waals surface area (Å²) >= 11 is 3.61. The summed E-state index contributed by atoms with van der Waals surface area (Å²) in [5, 5.41) is 0. The summed E-state index contributed by atoms with van der Waals surface area (Å²) < 4.78 is 5.68. The molecule has 0 unspecified atom stereocenters. The maximum Gasteiger partial charge on any atom is 0.0703 e. The minimum atomic E-state index is 0.378. The average Bonchev–Trinajstić information content (AvgIpc) is 2.15. The Balaban J connectivity index is 2.26. The first-order chi connectivity index (χ1) is 4.70. The molecule has 1 rings (SSSR count). The van der Waals surface area contributed by atoms with Gasteiger partial charge in [0.2, 0.25) is 0 Å². The van der Waals surface area contributed by atoms with E-state index in [1.54, 1.807) is 0 Å². The zero-order valence-electron chi connectivity index (χ0n) is 6.64. The van der Waals surface area contributed by atoms with Gasteiger partial charge in [-0.05, 0) is 33.1 Å². The molecule has 10 heavy (non-hydrogen) atoms. The summed E-state index contributed by atoms with van der Waals surface area (Å²) in [6, 6.07) is 0. The predicted molar refractivity (Wildman–Crippen MR) is 46.6 cm³/mol. The minimum absolute atomic E-state index is 0.378. The minimum Gasteiger partial charge on any atom is -0.374 e. The second kappa shape index (κ2) is 3.72. The Morgan fingerprint density at radius 3 is 2.50 bits per heavy atom. The first kappa shape index (κ1) is 8.54. The summed E-state index contributed by atoms with van der Waals surface area (Å²) in [7, 11) is 0. The van der Waals surface area contributed by atoms with Crippen molar-refractivity contribution in [1.82, 2.24) is 0 Å². The van der Waals surface area contributed by atoms with Gasteiger partial charge in [-0.2, -0.15) is 0 Å². The van der Waals surface area contributed by atoms with Crippen LogP contribution < -0.4 is 0 Å². The normalized spacial score (nSPS) is 33.6. The lowest BCUT2D eigenvalue weighted by Crippen LogP contribution is -2.21. The van der Waals surface area contributed by atoms with Gasteiger partial charge >= 0.3 is 0 Å². The molecule has 0 saturated heterocycles. The van der Waals surface area contributed by atoms with Crippen LogP contribution in [0.2, 0.25) is 0 Å². The van der Waals surface area contributed by atoms with E-state index in [1.807, 2.05) is 0 Å². The van der Waals surface area contributed by atoms with Crippen molar-refractivity contribution in [2.24, 2.45) is 0 Å². The van der Waals surface area contributed by atoms with Gasteiger partial charge in [0.1, 0.15) is 0 Å². The molecule has 0 aromatic heterocycles. The summed E-state index contributed by atoms with van der Waals surface area (Å²) in [5.74, 6) is 0. The van der Waals surface area contributed by atoms with Gasteiger partial charge in [0.25, 0.3) is 0 Å². The Hall–Kier alpha value is 0.440. The van der Waals surface area contributed by atoms with E-state index in [0.717, 1.165) is 0 Å². The van der Waals surface area contributed by atoms with Crippen LogP contribution in [0.25, 0.3) is 0 Å². The van der Waals surface area contributed by atoms with E-state index in [9.17, 15) is 0 Å². The van der Waals surface area contributed by atoms with Crippen molar-refractivity contribution >= 4 is 15.9 Å². The Bertz CT molecular complexity index is 103. The first-order valence-corrected chi connectivity index (χ1v) is 4.91. The lowest BCUT2D eigenvalue weighted by Gasteiger charge is -2.17. The Kier molecular flexibility index (Phi) is 3.18. The lowest BCUT2D eigenvalue weighted by molar-refractivity contribution is 0.0164. The number of hydrogen-bond donors (Lipinski definition) is 0. The molecule has 2 heteroatoms. The van der Waals surface area contributed by atoms with E-state index >= 15 is 0 Å². The highest BCUT2D eigenvalue weighted by atomic mass is 79.9. The van der Waals surface area contributed by atoms with Crippen molar-refractivity contribution in [3.05, 3.63) is 0 Å². The van der Waals surface area contributed by atoms with Crippen molar-refractivity contribution in [3.8, 4) is 0 Å². The zero-order valence-corrected chi connectivity index (χ0v) is 8.23. The van der Waals surface area contributed by atoms with Crippen molar-refractivity contribution in [2.45, 2.75) is 50.1 Å². The van der Waals surface area contributed by atoms with Crippen molar-refractivity contribution in [3.63, 3.8) is 0 Å². The highest BCUT2D eigenvalue weighted by molar-refractivity contribution is 9.09. The van der Waals surface area contributed by atoms with Gasteiger partial charge in [-0.1, -0.05) is 15.9 Å². The van der Waals surface area contributed by atoms with Crippen LogP contribution >= 0.6 is 15.9 Å². The first-order valence-electron chi connectivity index (χ1n) is 3.99. The van der Waals surface area contributed by atoms with E-state index in [4.69, 9.17) is 4.74 Å². The van der Waals surface area contributed by atoms with Gasteiger partial charge < -0.3 is 4.74 Å². The van der Waals surface area contributed by atoms with Gasteiger partial charge in [0.05, 0.1) is 12.2 Å². The Morgan fingerprint density at radius 2 is 2.10 bits per heavy atom. The van der Waals surface area contributed by atoms with Gasteiger partial charge in [-0.3, -0.25) is 0 Å². The topological polar surface area (TPSA) is 9.23 Å². The quantitative estimate of drug-likeness (QED) is 0.632. The molecule has 0 heterocycles. The molecule has 0 radical (unpaired) electrons. The molecule has 1 aliphatic carbocycles. The number of ether oxygens (including phenoxy) is 1. The standard InChI is InChI=1S/C8H15BrO/c1-6(2)10-8-5-3-4-7(8)9/h6-8H,3-5H2,1-2H3/t7-,8-/m1/s1. The smallest absolute Gasteiger partial charge is 0.0703 e. The summed E-state index contributed by atoms with van der Waals surface area (Å²) in [6.45, 7) is 4.19. The molecule has 60 valence electrons. The predicted octanol–water partition coefficient (Wildman–Crippen LogP) is 2.73. The van der Waals surface area contributed by atoms with Crippen LogP contribution in [0.5, 0.6) is 0 Å². The fraction of sp³-hybridized carbons (Fsp3) is 1.00. The number of hydrogen-bond acceptors (Lipinski definition) is 1. The molecule has 1 fully saturated rings. The van der Waals surface area contributed by atoms with Crippen LogP contribution in [0.1, 0.15) is 33.1 Å². The van der Waals surface area contributed by atoms with Gasteiger partial charge in [-0.25, -0.2) is 0 Å².